The second-order valence-corrected chi connectivity index (χ2v) is 5.31. The minimum atomic E-state index is -0.121. The number of benzene rings is 1. The predicted octanol–water partition coefficient (Wildman–Crippen LogP) is 2.71. The molecule has 0 saturated carbocycles. The molecule has 1 aromatic carbocycles. The Hall–Kier alpha value is -0.930. The molecule has 0 aliphatic carbocycles. The van der Waals surface area contributed by atoms with Crippen molar-refractivity contribution in [2.24, 2.45) is 0 Å². The van der Waals surface area contributed by atoms with Gasteiger partial charge in [-0.15, -0.1) is 0 Å². The van der Waals surface area contributed by atoms with E-state index in [1.807, 2.05) is 19.1 Å². The largest absolute Gasteiger partial charge is 0.311 e. The van der Waals surface area contributed by atoms with Crippen LogP contribution in [0.3, 0.4) is 0 Å². The highest BCUT2D eigenvalue weighted by Crippen LogP contribution is 2.11. The predicted molar refractivity (Wildman–Crippen MR) is 73.1 cm³/mol. The lowest BCUT2D eigenvalue weighted by Crippen LogP contribution is -2.38. The average molecular weight is 250 g/mol. The molecule has 1 aliphatic heterocycles. The molecule has 1 atom stereocenters. The van der Waals surface area contributed by atoms with Gasteiger partial charge in [-0.25, -0.2) is 4.39 Å². The summed E-state index contributed by atoms with van der Waals surface area (Å²) in [5.74, 6) is -0.121. The van der Waals surface area contributed by atoms with Crippen LogP contribution >= 0.6 is 0 Å². The lowest BCUT2D eigenvalue weighted by Gasteiger charge is -2.24. The Morgan fingerprint density at radius 1 is 1.33 bits per heavy atom. The first-order valence-corrected chi connectivity index (χ1v) is 6.86. The van der Waals surface area contributed by atoms with Gasteiger partial charge in [-0.2, -0.15) is 0 Å². The Morgan fingerprint density at radius 2 is 2.06 bits per heavy atom. The molecule has 100 valence electrons. The zero-order chi connectivity index (χ0) is 13.0. The Bertz CT molecular complexity index is 386. The standard InChI is InChI=1S/C15H23FN2/c1-12-9-14(5-6-15(12)16)11-17-10-13(2)18-7-3-4-8-18/h5-6,9,13,17H,3-4,7-8,10-11H2,1-2H3. The average Bonchev–Trinajstić information content (AvgIpc) is 2.87. The van der Waals surface area contributed by atoms with E-state index < -0.39 is 0 Å². The van der Waals surface area contributed by atoms with Crippen LogP contribution in [0, 0.1) is 12.7 Å². The molecule has 2 rings (SSSR count). The Balaban J connectivity index is 1.75. The molecule has 1 fully saturated rings. The smallest absolute Gasteiger partial charge is 0.126 e. The van der Waals surface area contributed by atoms with Crippen LogP contribution in [0.4, 0.5) is 4.39 Å². The molecule has 0 amide bonds. The Kier molecular flexibility index (Phi) is 4.72. The molecule has 1 aromatic rings. The van der Waals surface area contributed by atoms with Gasteiger partial charge in [0.25, 0.3) is 0 Å². The molecule has 0 radical (unpaired) electrons. The molecule has 2 nitrogen and oxygen atoms in total. The van der Waals surface area contributed by atoms with Gasteiger partial charge in [0.05, 0.1) is 0 Å². The van der Waals surface area contributed by atoms with Gasteiger partial charge in [0, 0.05) is 19.1 Å². The van der Waals surface area contributed by atoms with Crippen molar-refractivity contribution < 1.29 is 4.39 Å². The summed E-state index contributed by atoms with van der Waals surface area (Å²) in [4.78, 5) is 2.53. The maximum atomic E-state index is 13.1. The number of nitrogens with zero attached hydrogens (tertiary/aromatic N) is 1. The highest BCUT2D eigenvalue weighted by Gasteiger charge is 2.17. The number of nitrogens with one attached hydrogen (secondary N) is 1. The summed E-state index contributed by atoms with van der Waals surface area (Å²) < 4.78 is 13.1. The summed E-state index contributed by atoms with van der Waals surface area (Å²) in [5.41, 5.74) is 1.88. The van der Waals surface area contributed by atoms with Crippen LogP contribution in [-0.2, 0) is 6.54 Å². The SMILES string of the molecule is Cc1cc(CNCC(C)N2CCCC2)ccc1F. The second-order valence-electron chi connectivity index (χ2n) is 5.31. The summed E-state index contributed by atoms with van der Waals surface area (Å²) in [5, 5.41) is 3.46. The fourth-order valence-electron chi connectivity index (χ4n) is 2.55. The van der Waals surface area contributed by atoms with Gasteiger partial charge in [0.15, 0.2) is 0 Å². The summed E-state index contributed by atoms with van der Waals surface area (Å²) in [6.45, 7) is 8.37. The van der Waals surface area contributed by atoms with E-state index in [9.17, 15) is 4.39 Å². The van der Waals surface area contributed by atoms with Crippen LogP contribution in [0.15, 0.2) is 18.2 Å². The summed E-state index contributed by atoms with van der Waals surface area (Å²) in [6, 6.07) is 5.92. The Labute approximate surface area is 109 Å². The normalized spacial score (nSPS) is 18.2. The van der Waals surface area contributed by atoms with Gasteiger partial charge in [0.2, 0.25) is 0 Å². The van der Waals surface area contributed by atoms with Crippen molar-refractivity contribution in [3.8, 4) is 0 Å². The molecule has 3 heteroatoms. The van der Waals surface area contributed by atoms with Crippen molar-refractivity contribution in [3.63, 3.8) is 0 Å². The zero-order valence-corrected chi connectivity index (χ0v) is 11.4. The van der Waals surface area contributed by atoms with Gasteiger partial charge in [-0.1, -0.05) is 12.1 Å². The monoisotopic (exact) mass is 250 g/mol. The third-order valence-electron chi connectivity index (χ3n) is 3.76. The van der Waals surface area contributed by atoms with Gasteiger partial charge in [0.1, 0.15) is 5.82 Å². The van der Waals surface area contributed by atoms with Crippen LogP contribution in [0.2, 0.25) is 0 Å². The van der Waals surface area contributed by atoms with Crippen molar-refractivity contribution >= 4 is 0 Å². The van der Waals surface area contributed by atoms with E-state index in [4.69, 9.17) is 0 Å². The number of hydrogen-bond donors (Lipinski definition) is 1. The van der Waals surface area contributed by atoms with Crippen LogP contribution in [0.1, 0.15) is 30.9 Å². The third-order valence-corrected chi connectivity index (χ3v) is 3.76. The fourth-order valence-corrected chi connectivity index (χ4v) is 2.55. The van der Waals surface area contributed by atoms with Crippen LogP contribution in [0.25, 0.3) is 0 Å². The molecular weight excluding hydrogens is 227 g/mol. The maximum absolute atomic E-state index is 13.1. The zero-order valence-electron chi connectivity index (χ0n) is 11.4. The number of likely N-dealkylation sites (tertiary alicyclic amines) is 1. The first-order valence-electron chi connectivity index (χ1n) is 6.86. The molecule has 18 heavy (non-hydrogen) atoms. The first kappa shape index (κ1) is 13.5. The maximum Gasteiger partial charge on any atom is 0.126 e. The summed E-state index contributed by atoms with van der Waals surface area (Å²) in [7, 11) is 0. The molecule has 1 heterocycles. The number of aryl methyl sites for hydroxylation is 1. The Morgan fingerprint density at radius 3 is 2.72 bits per heavy atom. The molecule has 0 aromatic heterocycles. The number of halogens is 1. The lowest BCUT2D eigenvalue weighted by atomic mass is 10.1. The number of rotatable bonds is 5. The number of hydrogen-bond acceptors (Lipinski definition) is 2. The third kappa shape index (κ3) is 3.53. The molecule has 0 spiro atoms. The van der Waals surface area contributed by atoms with E-state index in [1.54, 1.807) is 6.07 Å². The first-order chi connectivity index (χ1) is 8.66. The van der Waals surface area contributed by atoms with Gasteiger partial charge in [-0.3, -0.25) is 4.90 Å². The van der Waals surface area contributed by atoms with E-state index in [0.29, 0.717) is 6.04 Å². The molecule has 0 bridgehead atoms. The van der Waals surface area contributed by atoms with Gasteiger partial charge in [-0.05, 0) is 57.0 Å². The lowest BCUT2D eigenvalue weighted by molar-refractivity contribution is 0.251. The van der Waals surface area contributed by atoms with Crippen molar-refractivity contribution in [1.29, 1.82) is 0 Å². The van der Waals surface area contributed by atoms with E-state index in [2.05, 4.69) is 17.1 Å². The molecule has 1 saturated heterocycles. The van der Waals surface area contributed by atoms with Crippen molar-refractivity contribution in [2.45, 2.75) is 39.3 Å². The molecule has 1 N–H and O–H groups in total. The fraction of sp³-hybridized carbons (Fsp3) is 0.600. The van der Waals surface area contributed by atoms with Crippen LogP contribution in [0.5, 0.6) is 0 Å². The molecular formula is C15H23FN2. The van der Waals surface area contributed by atoms with E-state index in [0.717, 1.165) is 24.2 Å². The topological polar surface area (TPSA) is 15.3 Å². The minimum absolute atomic E-state index is 0.121. The van der Waals surface area contributed by atoms with Gasteiger partial charge < -0.3 is 5.32 Å². The highest BCUT2D eigenvalue weighted by atomic mass is 19.1. The van der Waals surface area contributed by atoms with E-state index >= 15 is 0 Å². The van der Waals surface area contributed by atoms with E-state index in [1.165, 1.54) is 25.9 Å². The second kappa shape index (κ2) is 6.30. The van der Waals surface area contributed by atoms with Crippen molar-refractivity contribution in [1.82, 2.24) is 10.2 Å². The molecule has 1 unspecified atom stereocenters. The summed E-state index contributed by atoms with van der Waals surface area (Å²) in [6.07, 6.45) is 2.67. The van der Waals surface area contributed by atoms with Crippen molar-refractivity contribution in [3.05, 3.63) is 35.1 Å². The van der Waals surface area contributed by atoms with Crippen LogP contribution in [-0.4, -0.2) is 30.6 Å². The minimum Gasteiger partial charge on any atom is -0.311 e. The van der Waals surface area contributed by atoms with Crippen LogP contribution < -0.4 is 5.32 Å². The quantitative estimate of drug-likeness (QED) is 0.864. The highest BCUT2D eigenvalue weighted by molar-refractivity contribution is 5.23. The van der Waals surface area contributed by atoms with E-state index in [-0.39, 0.29) is 5.82 Å². The summed E-state index contributed by atoms with van der Waals surface area (Å²) >= 11 is 0. The van der Waals surface area contributed by atoms with Gasteiger partial charge >= 0.3 is 0 Å². The molecule has 1 aliphatic rings. The van der Waals surface area contributed by atoms with Crippen molar-refractivity contribution in [2.75, 3.05) is 19.6 Å².